The first kappa shape index (κ1) is 40.8. The first-order valence-corrected chi connectivity index (χ1v) is 21.5. The number of anilines is 1. The van der Waals surface area contributed by atoms with E-state index in [-0.39, 0.29) is 61.7 Å². The molecule has 2 saturated carbocycles. The number of hydrogen-bond donors (Lipinski definition) is 2. The SMILES string of the molecule is Cn1nc(NS(C)(=O)=O)c2c(Cl)ccc(-n3c([C@H](Cc4cc(F)cc(F)c4)NC(=O)Cn4nc(C(F)F)c5c4C(F)(F)[C@@H]4C[C@H]54)nc4cc(OCC5CCC5)ccc4c3=O)c21. The molecule has 9 rings (SSSR count). The number of aromatic nitrogens is 6. The number of carbonyl (C=O) groups is 1. The zero-order valence-corrected chi connectivity index (χ0v) is 33.8. The summed E-state index contributed by atoms with van der Waals surface area (Å²) < 4.78 is 125. The van der Waals surface area contributed by atoms with Crippen LogP contribution in [0.15, 0.2) is 53.3 Å². The van der Waals surface area contributed by atoms with Crippen molar-refractivity contribution in [3.63, 3.8) is 0 Å². The van der Waals surface area contributed by atoms with Crippen LogP contribution in [0.25, 0.3) is 27.5 Å². The van der Waals surface area contributed by atoms with Crippen LogP contribution in [-0.4, -0.2) is 56.3 Å². The Hall–Kier alpha value is -5.63. The summed E-state index contributed by atoms with van der Waals surface area (Å²) in [5, 5.41) is 10.9. The fourth-order valence-corrected chi connectivity index (χ4v) is 9.26. The van der Waals surface area contributed by atoms with Crippen LogP contribution in [-0.2, 0) is 40.8 Å². The van der Waals surface area contributed by atoms with E-state index in [0.29, 0.717) is 29.0 Å². The molecule has 0 radical (unpaired) electrons. The summed E-state index contributed by atoms with van der Waals surface area (Å²) in [5.74, 6) is -8.21. The predicted molar refractivity (Wildman–Crippen MR) is 211 cm³/mol. The number of nitrogens with one attached hydrogen (secondary N) is 2. The molecule has 0 unspecified atom stereocenters. The molecule has 3 aliphatic rings. The van der Waals surface area contributed by atoms with Gasteiger partial charge in [-0.15, -0.1) is 0 Å². The third-order valence-corrected chi connectivity index (χ3v) is 12.4. The summed E-state index contributed by atoms with van der Waals surface area (Å²) in [5.41, 5.74) is -2.39. The Bertz CT molecular complexity index is 2950. The minimum absolute atomic E-state index is 0.00280. The second-order valence-corrected chi connectivity index (χ2v) is 18.0. The van der Waals surface area contributed by atoms with Crippen LogP contribution in [0.4, 0.5) is 32.2 Å². The molecule has 3 aromatic carbocycles. The Morgan fingerprint density at radius 3 is 2.48 bits per heavy atom. The Balaban J connectivity index is 1.22. The third-order valence-electron chi connectivity index (χ3n) is 11.5. The zero-order valence-electron chi connectivity index (χ0n) is 32.2. The average Bonchev–Trinajstić information content (AvgIpc) is 3.69. The number of carbonyl (C=O) groups excluding carboxylic acids is 1. The molecule has 2 N–H and O–H groups in total. The van der Waals surface area contributed by atoms with E-state index < -0.39 is 87.7 Å². The maximum Gasteiger partial charge on any atom is 0.293 e. The molecule has 0 bridgehead atoms. The number of aryl methyl sites for hydroxylation is 1. The van der Waals surface area contributed by atoms with E-state index in [9.17, 15) is 35.6 Å². The van der Waals surface area contributed by atoms with Crippen molar-refractivity contribution < 1.29 is 44.3 Å². The predicted octanol–water partition coefficient (Wildman–Crippen LogP) is 7.20. The highest BCUT2D eigenvalue weighted by atomic mass is 35.5. The molecule has 1 amide bonds. The van der Waals surface area contributed by atoms with E-state index in [2.05, 4.69) is 20.2 Å². The molecule has 3 aliphatic carbocycles. The van der Waals surface area contributed by atoms with Crippen molar-refractivity contribution in [3.8, 4) is 11.4 Å². The summed E-state index contributed by atoms with van der Waals surface area (Å²) in [4.78, 5) is 33.9. The second-order valence-electron chi connectivity index (χ2n) is 15.8. The van der Waals surface area contributed by atoms with Crippen molar-refractivity contribution >= 4 is 55.2 Å². The highest BCUT2D eigenvalue weighted by molar-refractivity contribution is 7.92. The van der Waals surface area contributed by atoms with E-state index in [1.54, 1.807) is 6.07 Å². The van der Waals surface area contributed by atoms with Crippen LogP contribution < -0.4 is 20.3 Å². The Kier molecular flexibility index (Phi) is 9.87. The van der Waals surface area contributed by atoms with Gasteiger partial charge in [-0.05, 0) is 73.1 Å². The first-order valence-electron chi connectivity index (χ1n) is 19.2. The Labute approximate surface area is 347 Å². The minimum Gasteiger partial charge on any atom is -0.493 e. The molecular formula is C40H35ClF6N8O5S. The number of ether oxygens (including phenoxy) is 1. The van der Waals surface area contributed by atoms with Gasteiger partial charge < -0.3 is 10.1 Å². The van der Waals surface area contributed by atoms with Gasteiger partial charge in [-0.25, -0.2) is 31.0 Å². The van der Waals surface area contributed by atoms with Crippen LogP contribution in [0, 0.1) is 23.5 Å². The molecule has 0 saturated heterocycles. The molecule has 320 valence electrons. The lowest BCUT2D eigenvalue weighted by Crippen LogP contribution is -2.38. The van der Waals surface area contributed by atoms with Gasteiger partial charge in [-0.2, -0.15) is 19.0 Å². The number of sulfonamides is 1. The lowest BCUT2D eigenvalue weighted by atomic mass is 9.86. The van der Waals surface area contributed by atoms with Gasteiger partial charge in [0.25, 0.3) is 17.9 Å². The molecule has 3 atom stereocenters. The lowest BCUT2D eigenvalue weighted by molar-refractivity contribution is -0.123. The van der Waals surface area contributed by atoms with Crippen molar-refractivity contribution in [2.75, 3.05) is 17.6 Å². The van der Waals surface area contributed by atoms with E-state index in [1.165, 1.54) is 36.0 Å². The highest BCUT2D eigenvalue weighted by Crippen LogP contribution is 2.68. The molecular weight excluding hydrogens is 854 g/mol. The van der Waals surface area contributed by atoms with Gasteiger partial charge in [0.15, 0.2) is 5.82 Å². The number of benzene rings is 3. The second kappa shape index (κ2) is 14.8. The van der Waals surface area contributed by atoms with Crippen LogP contribution in [0.2, 0.25) is 5.02 Å². The molecule has 3 aromatic heterocycles. The van der Waals surface area contributed by atoms with E-state index in [0.717, 1.165) is 42.2 Å². The monoisotopic (exact) mass is 888 g/mol. The summed E-state index contributed by atoms with van der Waals surface area (Å²) in [6.07, 6.45) is 0.345. The number of fused-ring (bicyclic) bond motifs is 5. The molecule has 21 heteroatoms. The fourth-order valence-electron chi connectivity index (χ4n) is 8.52. The third kappa shape index (κ3) is 7.36. The lowest BCUT2D eigenvalue weighted by Gasteiger charge is -2.25. The van der Waals surface area contributed by atoms with Crippen molar-refractivity contribution in [3.05, 3.63) is 104 Å². The topological polar surface area (TPSA) is 155 Å². The number of hydrogen-bond acceptors (Lipinski definition) is 8. The summed E-state index contributed by atoms with van der Waals surface area (Å²) in [6, 6.07) is 8.53. The van der Waals surface area contributed by atoms with Crippen LogP contribution in [0.1, 0.15) is 72.4 Å². The molecule has 0 spiro atoms. The highest BCUT2D eigenvalue weighted by Gasteiger charge is 2.67. The van der Waals surface area contributed by atoms with E-state index in [4.69, 9.17) is 21.3 Å². The summed E-state index contributed by atoms with van der Waals surface area (Å²) in [6.45, 7) is -0.556. The quantitative estimate of drug-likeness (QED) is 0.116. The van der Waals surface area contributed by atoms with Gasteiger partial charge in [0.05, 0.1) is 51.4 Å². The average molecular weight is 889 g/mol. The van der Waals surface area contributed by atoms with Crippen LogP contribution in [0.5, 0.6) is 5.75 Å². The van der Waals surface area contributed by atoms with E-state index >= 15 is 8.78 Å². The molecule has 2 fully saturated rings. The standard InChI is InChI=1S/C40H35ClF6N8O5S/c1-53-34-29(9-8-26(41)32(34)37(51-53)52-61(2,58)59)55-38(49-27-14-22(6-7-23(27)39(55)57)60-17-18-4-3-5-18)28(12-19-10-20(42)13-21(43)11-19)48-30(56)16-54-35-31(33(50-54)36(44)45)24-15-25(24)40(35,46)47/h6-11,13-14,18,24-25,28,36H,3-5,12,15-17H2,1-2H3,(H,48,56)(H,51,52)/t24-,25+,28-/m0/s1. The Morgan fingerprint density at radius 1 is 1.07 bits per heavy atom. The summed E-state index contributed by atoms with van der Waals surface area (Å²) >= 11 is 6.62. The van der Waals surface area contributed by atoms with Gasteiger partial charge in [-0.3, -0.25) is 28.2 Å². The van der Waals surface area contributed by atoms with Gasteiger partial charge in [0.2, 0.25) is 15.9 Å². The van der Waals surface area contributed by atoms with Crippen molar-refractivity contribution in [1.82, 2.24) is 34.4 Å². The van der Waals surface area contributed by atoms with Crippen LogP contribution >= 0.6 is 11.6 Å². The van der Waals surface area contributed by atoms with Gasteiger partial charge in [-0.1, -0.05) is 18.0 Å². The van der Waals surface area contributed by atoms with Crippen LogP contribution in [0.3, 0.4) is 0 Å². The molecule has 13 nitrogen and oxygen atoms in total. The van der Waals surface area contributed by atoms with Gasteiger partial charge in [0, 0.05) is 37.1 Å². The normalized spacial score (nSPS) is 18.6. The van der Waals surface area contributed by atoms with Crippen molar-refractivity contribution in [1.29, 1.82) is 0 Å². The zero-order chi connectivity index (χ0) is 43.3. The molecule has 3 heterocycles. The first-order chi connectivity index (χ1) is 28.9. The number of nitrogens with zero attached hydrogens (tertiary/aromatic N) is 6. The van der Waals surface area contributed by atoms with Gasteiger partial charge in [0.1, 0.15) is 41.1 Å². The largest absolute Gasteiger partial charge is 0.493 e. The molecule has 0 aliphatic heterocycles. The number of rotatable bonds is 13. The smallest absolute Gasteiger partial charge is 0.293 e. The number of alkyl halides is 4. The Morgan fingerprint density at radius 2 is 1.80 bits per heavy atom. The minimum atomic E-state index is -3.90. The van der Waals surface area contributed by atoms with Crippen molar-refractivity contribution in [2.45, 2.75) is 63.0 Å². The van der Waals surface area contributed by atoms with Crippen molar-refractivity contribution in [2.24, 2.45) is 18.9 Å². The molecule has 6 aromatic rings. The van der Waals surface area contributed by atoms with E-state index in [1.807, 2.05) is 0 Å². The summed E-state index contributed by atoms with van der Waals surface area (Å²) in [7, 11) is -2.44. The number of halogens is 7. The number of amides is 1. The maximum atomic E-state index is 15.5. The molecule has 61 heavy (non-hydrogen) atoms. The van der Waals surface area contributed by atoms with Gasteiger partial charge >= 0.3 is 0 Å². The maximum absolute atomic E-state index is 15.5. The fraction of sp³-hybridized carbons (Fsp3) is 0.375.